The number of aliphatic hydroxyl groups is 1. The highest BCUT2D eigenvalue weighted by Crippen LogP contribution is 2.36. The van der Waals surface area contributed by atoms with Crippen molar-refractivity contribution in [2.75, 3.05) is 26.2 Å². The lowest BCUT2D eigenvalue weighted by Gasteiger charge is -2.44. The first-order valence-corrected chi connectivity index (χ1v) is 11.9. The minimum Gasteiger partial charge on any atom is -0.396 e. The molecule has 2 heterocycles. The van der Waals surface area contributed by atoms with Gasteiger partial charge >= 0.3 is 0 Å². The van der Waals surface area contributed by atoms with Crippen LogP contribution in [0, 0.1) is 5.41 Å². The van der Waals surface area contributed by atoms with Gasteiger partial charge in [-0.2, -0.15) is 0 Å². The Labute approximate surface area is 190 Å². The Hall–Kier alpha value is -1.88. The van der Waals surface area contributed by atoms with Crippen LogP contribution in [0.1, 0.15) is 43.2 Å². The predicted octanol–water partition coefficient (Wildman–Crippen LogP) is 4.54. The van der Waals surface area contributed by atoms with Crippen LogP contribution in [0.4, 0.5) is 0 Å². The van der Waals surface area contributed by atoms with Crippen LogP contribution in [-0.4, -0.2) is 53.1 Å². The van der Waals surface area contributed by atoms with Crippen LogP contribution < -0.4 is 0 Å². The lowest BCUT2D eigenvalue weighted by molar-refractivity contribution is -0.141. The van der Waals surface area contributed by atoms with E-state index < -0.39 is 0 Å². The molecule has 2 aliphatic heterocycles. The van der Waals surface area contributed by atoms with E-state index in [0.717, 1.165) is 69.7 Å². The maximum Gasteiger partial charge on any atom is 0.239 e. The van der Waals surface area contributed by atoms with Crippen LogP contribution in [0.15, 0.2) is 54.6 Å². The SMILES string of the molecule is O=C([C@@H]1CCCCN1Cc1ccccc1)N1CCC(CO)(Cc2ccc(Cl)cc2)CC1. The number of amides is 1. The average molecular weight is 441 g/mol. The Morgan fingerprint density at radius 1 is 0.968 bits per heavy atom. The molecule has 31 heavy (non-hydrogen) atoms. The fourth-order valence-electron chi connectivity index (χ4n) is 5.12. The maximum atomic E-state index is 13.5. The summed E-state index contributed by atoms with van der Waals surface area (Å²) in [5.74, 6) is 0.272. The molecule has 0 saturated carbocycles. The normalized spacial score (nSPS) is 21.7. The molecule has 5 heteroatoms. The van der Waals surface area contributed by atoms with Gasteiger partial charge in [0, 0.05) is 36.7 Å². The van der Waals surface area contributed by atoms with Gasteiger partial charge in [0.1, 0.15) is 0 Å². The number of likely N-dealkylation sites (tertiary alicyclic amines) is 2. The standard InChI is InChI=1S/C26H33ClN2O2/c27-23-11-9-21(10-12-23)18-26(20-30)13-16-28(17-14-26)25(31)24-8-4-5-15-29(24)19-22-6-2-1-3-7-22/h1-3,6-7,9-12,24,30H,4-5,8,13-20H2/t24-/m0/s1. The summed E-state index contributed by atoms with van der Waals surface area (Å²) in [6, 6.07) is 18.3. The Kier molecular flexibility index (Phi) is 7.31. The Morgan fingerprint density at radius 3 is 2.35 bits per heavy atom. The second-order valence-electron chi connectivity index (χ2n) is 9.25. The zero-order valence-electron chi connectivity index (χ0n) is 18.2. The van der Waals surface area contributed by atoms with E-state index >= 15 is 0 Å². The second kappa shape index (κ2) is 10.2. The van der Waals surface area contributed by atoms with Crippen LogP contribution >= 0.6 is 11.6 Å². The molecule has 0 aromatic heterocycles. The van der Waals surface area contributed by atoms with Gasteiger partial charge in [-0.1, -0.05) is 60.5 Å². The fourth-order valence-corrected chi connectivity index (χ4v) is 5.24. The highest BCUT2D eigenvalue weighted by molar-refractivity contribution is 6.30. The largest absolute Gasteiger partial charge is 0.396 e. The molecule has 1 amide bonds. The van der Waals surface area contributed by atoms with Gasteiger partial charge in [0.05, 0.1) is 6.04 Å². The van der Waals surface area contributed by atoms with Crippen molar-refractivity contribution in [3.8, 4) is 0 Å². The maximum absolute atomic E-state index is 13.5. The van der Waals surface area contributed by atoms with E-state index in [9.17, 15) is 9.90 Å². The van der Waals surface area contributed by atoms with Crippen molar-refractivity contribution in [2.45, 2.75) is 51.1 Å². The summed E-state index contributed by atoms with van der Waals surface area (Å²) in [5, 5.41) is 10.9. The molecule has 2 aliphatic rings. The van der Waals surface area contributed by atoms with E-state index in [2.05, 4.69) is 29.2 Å². The number of piperidine rings is 2. The van der Waals surface area contributed by atoms with Crippen LogP contribution in [0.3, 0.4) is 0 Å². The van der Waals surface area contributed by atoms with Crippen LogP contribution in [0.2, 0.25) is 5.02 Å². The van der Waals surface area contributed by atoms with Crippen molar-refractivity contribution < 1.29 is 9.90 Å². The Morgan fingerprint density at radius 2 is 1.68 bits per heavy atom. The van der Waals surface area contributed by atoms with Gasteiger partial charge in [-0.15, -0.1) is 0 Å². The molecule has 4 nitrogen and oxygen atoms in total. The number of hydrogen-bond donors (Lipinski definition) is 1. The third kappa shape index (κ3) is 5.49. The van der Waals surface area contributed by atoms with Gasteiger partial charge in [0.15, 0.2) is 0 Å². The molecule has 1 N–H and O–H groups in total. The smallest absolute Gasteiger partial charge is 0.239 e. The van der Waals surface area contributed by atoms with Crippen molar-refractivity contribution in [2.24, 2.45) is 5.41 Å². The summed E-state index contributed by atoms with van der Waals surface area (Å²) in [6.45, 7) is 3.42. The van der Waals surface area contributed by atoms with Crippen molar-refractivity contribution in [1.82, 2.24) is 9.80 Å². The van der Waals surface area contributed by atoms with Crippen molar-refractivity contribution in [3.63, 3.8) is 0 Å². The third-order valence-electron chi connectivity index (χ3n) is 7.09. The van der Waals surface area contributed by atoms with Crippen molar-refractivity contribution in [3.05, 3.63) is 70.7 Å². The molecular formula is C26H33ClN2O2. The van der Waals surface area contributed by atoms with Gasteiger partial charge in [-0.05, 0) is 61.9 Å². The van der Waals surface area contributed by atoms with Crippen molar-refractivity contribution >= 4 is 17.5 Å². The van der Waals surface area contributed by atoms with Gasteiger partial charge in [0.25, 0.3) is 0 Å². The van der Waals surface area contributed by atoms with Gasteiger partial charge in [0.2, 0.25) is 5.91 Å². The monoisotopic (exact) mass is 440 g/mol. The number of benzene rings is 2. The lowest BCUT2D eigenvalue weighted by atomic mass is 9.74. The minimum atomic E-state index is -0.152. The molecule has 4 rings (SSSR count). The second-order valence-corrected chi connectivity index (χ2v) is 9.69. The first kappa shape index (κ1) is 22.3. The number of halogens is 1. The number of carbonyl (C=O) groups excluding carboxylic acids is 1. The average Bonchev–Trinajstić information content (AvgIpc) is 2.82. The summed E-state index contributed by atoms with van der Waals surface area (Å²) in [7, 11) is 0. The summed E-state index contributed by atoms with van der Waals surface area (Å²) >= 11 is 6.02. The van der Waals surface area contributed by atoms with E-state index in [0.29, 0.717) is 0 Å². The molecule has 2 aromatic rings. The van der Waals surface area contributed by atoms with E-state index in [1.165, 1.54) is 11.1 Å². The highest BCUT2D eigenvalue weighted by Gasteiger charge is 2.38. The molecule has 0 aliphatic carbocycles. The summed E-state index contributed by atoms with van der Waals surface area (Å²) in [6.07, 6.45) is 5.72. The molecule has 2 saturated heterocycles. The highest BCUT2D eigenvalue weighted by atomic mass is 35.5. The zero-order chi connectivity index (χ0) is 21.7. The quantitative estimate of drug-likeness (QED) is 0.717. The minimum absolute atomic E-state index is 0.0214. The number of nitrogens with zero attached hydrogens (tertiary/aromatic N) is 2. The number of carbonyl (C=O) groups is 1. The molecule has 166 valence electrons. The molecule has 0 unspecified atom stereocenters. The summed E-state index contributed by atoms with van der Waals surface area (Å²) in [4.78, 5) is 17.9. The molecule has 0 radical (unpaired) electrons. The Bertz CT molecular complexity index is 847. The summed E-state index contributed by atoms with van der Waals surface area (Å²) in [5.41, 5.74) is 2.31. The van der Waals surface area contributed by atoms with E-state index in [4.69, 9.17) is 11.6 Å². The predicted molar refractivity (Wildman–Crippen MR) is 125 cm³/mol. The Balaban J connectivity index is 1.38. The first-order valence-electron chi connectivity index (χ1n) is 11.5. The van der Waals surface area contributed by atoms with Gasteiger partial charge in [-0.25, -0.2) is 0 Å². The topological polar surface area (TPSA) is 43.8 Å². The number of rotatable bonds is 6. The molecule has 2 aromatic carbocycles. The molecule has 0 bridgehead atoms. The van der Waals surface area contributed by atoms with E-state index in [1.54, 1.807) is 0 Å². The summed E-state index contributed by atoms with van der Waals surface area (Å²) < 4.78 is 0. The van der Waals surface area contributed by atoms with E-state index in [-0.39, 0.29) is 24.0 Å². The number of aliphatic hydroxyl groups excluding tert-OH is 1. The third-order valence-corrected chi connectivity index (χ3v) is 7.34. The molecular weight excluding hydrogens is 408 g/mol. The molecule has 2 fully saturated rings. The fraction of sp³-hybridized carbons (Fsp3) is 0.500. The van der Waals surface area contributed by atoms with Gasteiger partial charge < -0.3 is 10.0 Å². The van der Waals surface area contributed by atoms with E-state index in [1.807, 2.05) is 35.2 Å². The van der Waals surface area contributed by atoms with Crippen molar-refractivity contribution in [1.29, 1.82) is 0 Å². The van der Waals surface area contributed by atoms with Crippen LogP contribution in [-0.2, 0) is 17.8 Å². The molecule has 0 spiro atoms. The van der Waals surface area contributed by atoms with Gasteiger partial charge in [-0.3, -0.25) is 9.69 Å². The van der Waals surface area contributed by atoms with Crippen LogP contribution in [0.25, 0.3) is 0 Å². The molecule has 1 atom stereocenters. The van der Waals surface area contributed by atoms with Crippen LogP contribution in [0.5, 0.6) is 0 Å². The zero-order valence-corrected chi connectivity index (χ0v) is 18.9. The first-order chi connectivity index (χ1) is 15.1. The number of hydrogen-bond acceptors (Lipinski definition) is 3. The lowest BCUT2D eigenvalue weighted by Crippen LogP contribution is -2.54.